The van der Waals surface area contributed by atoms with Gasteiger partial charge in [-0.25, -0.2) is 4.68 Å². The van der Waals surface area contributed by atoms with E-state index >= 15 is 0 Å². The number of carbonyl (C=O) groups is 2. The molecule has 0 saturated carbocycles. The summed E-state index contributed by atoms with van der Waals surface area (Å²) in [5.41, 5.74) is 3.28. The van der Waals surface area contributed by atoms with Crippen LogP contribution in [0.4, 0.5) is 11.4 Å². The van der Waals surface area contributed by atoms with E-state index in [4.69, 9.17) is 5.84 Å². The molecule has 1 atom stereocenters. The van der Waals surface area contributed by atoms with Gasteiger partial charge in [0, 0.05) is 5.56 Å². The van der Waals surface area contributed by atoms with E-state index in [1.807, 2.05) is 49.4 Å². The number of fused-ring (bicyclic) bond motifs is 1. The third kappa shape index (κ3) is 3.68. The fraction of sp³-hybridized carbons (Fsp3) is 0.200. The maximum Gasteiger partial charge on any atom is 0.244 e. The van der Waals surface area contributed by atoms with Crippen molar-refractivity contribution in [1.82, 2.24) is 14.9 Å². The molecular formula is C20H20N6O2S. The topological polar surface area (TPSA) is 106 Å². The van der Waals surface area contributed by atoms with Gasteiger partial charge in [-0.1, -0.05) is 53.7 Å². The molecule has 9 heteroatoms. The van der Waals surface area contributed by atoms with Gasteiger partial charge in [0.15, 0.2) is 5.82 Å². The van der Waals surface area contributed by atoms with Gasteiger partial charge < -0.3 is 11.2 Å². The Morgan fingerprint density at radius 1 is 1.17 bits per heavy atom. The van der Waals surface area contributed by atoms with Crippen molar-refractivity contribution in [2.24, 2.45) is 0 Å². The molecule has 2 amide bonds. The van der Waals surface area contributed by atoms with Crippen molar-refractivity contribution in [3.63, 3.8) is 0 Å². The Hall–Kier alpha value is -3.33. The third-order valence-corrected chi connectivity index (χ3v) is 5.69. The van der Waals surface area contributed by atoms with E-state index in [-0.39, 0.29) is 18.4 Å². The maximum absolute atomic E-state index is 13.1. The highest BCUT2D eigenvalue weighted by atomic mass is 32.2. The highest BCUT2D eigenvalue weighted by molar-refractivity contribution is 8.00. The molecule has 1 aliphatic rings. The maximum atomic E-state index is 13.1. The van der Waals surface area contributed by atoms with Gasteiger partial charge >= 0.3 is 0 Å². The second-order valence-corrected chi connectivity index (χ2v) is 8.10. The summed E-state index contributed by atoms with van der Waals surface area (Å²) < 4.78 is 1.38. The van der Waals surface area contributed by atoms with Gasteiger partial charge in [-0.3, -0.25) is 14.5 Å². The Kier molecular flexibility index (Phi) is 4.98. The number of aromatic nitrogens is 3. The summed E-state index contributed by atoms with van der Waals surface area (Å²) in [4.78, 5) is 26.6. The van der Waals surface area contributed by atoms with Gasteiger partial charge in [0.2, 0.25) is 17.0 Å². The number of nitrogen functional groups attached to an aromatic ring is 1. The van der Waals surface area contributed by atoms with Crippen LogP contribution < -0.4 is 16.1 Å². The van der Waals surface area contributed by atoms with Crippen molar-refractivity contribution in [2.45, 2.75) is 24.3 Å². The van der Waals surface area contributed by atoms with E-state index in [1.54, 1.807) is 13.0 Å². The third-order valence-electron chi connectivity index (χ3n) is 4.64. The number of benzene rings is 2. The molecule has 0 fully saturated rings. The van der Waals surface area contributed by atoms with Gasteiger partial charge in [-0.15, -0.1) is 10.2 Å². The molecule has 1 aliphatic heterocycles. The van der Waals surface area contributed by atoms with Crippen molar-refractivity contribution in [3.8, 4) is 11.4 Å². The molecule has 0 spiro atoms. The minimum absolute atomic E-state index is 0.0231. The van der Waals surface area contributed by atoms with Gasteiger partial charge in [0.05, 0.1) is 16.6 Å². The lowest BCUT2D eigenvalue weighted by Crippen LogP contribution is -2.45. The molecule has 0 aliphatic carbocycles. The number of amides is 2. The number of thioether (sulfide) groups is 1. The molecule has 2 heterocycles. The van der Waals surface area contributed by atoms with Crippen LogP contribution in [-0.2, 0) is 9.59 Å². The Bertz CT molecular complexity index is 1080. The summed E-state index contributed by atoms with van der Waals surface area (Å²) in [6, 6.07) is 15.0. The van der Waals surface area contributed by atoms with E-state index in [2.05, 4.69) is 15.5 Å². The van der Waals surface area contributed by atoms with E-state index in [0.29, 0.717) is 22.4 Å². The van der Waals surface area contributed by atoms with E-state index in [0.717, 1.165) is 11.1 Å². The number of aryl methyl sites for hydroxylation is 1. The number of anilines is 2. The van der Waals surface area contributed by atoms with Crippen LogP contribution in [0, 0.1) is 6.92 Å². The summed E-state index contributed by atoms with van der Waals surface area (Å²) in [5.74, 6) is 6.28. The zero-order chi connectivity index (χ0) is 20.5. The summed E-state index contributed by atoms with van der Waals surface area (Å²) in [5, 5.41) is 11.0. The van der Waals surface area contributed by atoms with Crippen LogP contribution in [0.3, 0.4) is 0 Å². The smallest absolute Gasteiger partial charge is 0.244 e. The number of nitrogens with one attached hydrogen (secondary N) is 1. The quantitative estimate of drug-likeness (QED) is 0.507. The number of hydrogen-bond acceptors (Lipinski definition) is 6. The van der Waals surface area contributed by atoms with Gasteiger partial charge in [-0.05, 0) is 26.0 Å². The van der Waals surface area contributed by atoms with Crippen LogP contribution in [0.2, 0.25) is 0 Å². The molecular weight excluding hydrogens is 388 g/mol. The van der Waals surface area contributed by atoms with E-state index in [1.165, 1.54) is 21.3 Å². The first-order valence-electron chi connectivity index (χ1n) is 9.08. The minimum atomic E-state index is -0.508. The Morgan fingerprint density at radius 3 is 2.66 bits per heavy atom. The van der Waals surface area contributed by atoms with Crippen molar-refractivity contribution >= 4 is 35.0 Å². The van der Waals surface area contributed by atoms with Crippen LogP contribution in [0.1, 0.15) is 12.5 Å². The van der Waals surface area contributed by atoms with Crippen LogP contribution in [0.15, 0.2) is 53.7 Å². The normalized spacial score (nSPS) is 14.3. The predicted molar refractivity (Wildman–Crippen MR) is 113 cm³/mol. The lowest BCUT2D eigenvalue weighted by atomic mass is 10.1. The van der Waals surface area contributed by atoms with Crippen molar-refractivity contribution < 1.29 is 9.59 Å². The number of rotatable bonds is 4. The second-order valence-electron chi connectivity index (χ2n) is 6.79. The van der Waals surface area contributed by atoms with E-state index in [9.17, 15) is 9.59 Å². The molecule has 2 aromatic carbocycles. The molecule has 0 unspecified atom stereocenters. The fourth-order valence-electron chi connectivity index (χ4n) is 3.11. The number of hydrogen-bond donors (Lipinski definition) is 2. The van der Waals surface area contributed by atoms with Crippen molar-refractivity contribution in [3.05, 3.63) is 54.1 Å². The first-order chi connectivity index (χ1) is 13.9. The lowest BCUT2D eigenvalue weighted by molar-refractivity contribution is -0.121. The molecule has 1 aromatic heterocycles. The molecule has 29 heavy (non-hydrogen) atoms. The van der Waals surface area contributed by atoms with Gasteiger partial charge in [-0.2, -0.15) is 0 Å². The number of para-hydroxylation sites is 2. The minimum Gasteiger partial charge on any atom is -0.335 e. The summed E-state index contributed by atoms with van der Waals surface area (Å²) in [6.07, 6.45) is 0. The Balaban J connectivity index is 1.54. The monoisotopic (exact) mass is 408 g/mol. The molecule has 3 N–H and O–H groups in total. The average molecular weight is 408 g/mol. The lowest BCUT2D eigenvalue weighted by Gasteiger charge is -2.30. The first kappa shape index (κ1) is 19.0. The molecule has 0 radical (unpaired) electrons. The molecule has 8 nitrogen and oxygen atoms in total. The number of nitrogens with zero attached hydrogens (tertiary/aromatic N) is 4. The summed E-state index contributed by atoms with van der Waals surface area (Å²) in [7, 11) is 0. The van der Waals surface area contributed by atoms with Gasteiger partial charge in [0.1, 0.15) is 6.54 Å². The largest absolute Gasteiger partial charge is 0.335 e. The average Bonchev–Trinajstić information content (AvgIpc) is 3.07. The Morgan fingerprint density at radius 2 is 1.90 bits per heavy atom. The van der Waals surface area contributed by atoms with Crippen molar-refractivity contribution in [2.75, 3.05) is 22.6 Å². The fourth-order valence-corrected chi connectivity index (χ4v) is 3.95. The van der Waals surface area contributed by atoms with Gasteiger partial charge in [0.25, 0.3) is 0 Å². The van der Waals surface area contributed by atoms with Crippen molar-refractivity contribution in [1.29, 1.82) is 0 Å². The van der Waals surface area contributed by atoms with Crippen LogP contribution in [0.25, 0.3) is 11.4 Å². The molecule has 148 valence electrons. The molecule has 3 aromatic rings. The number of nitrogens with two attached hydrogens (primary N) is 1. The van der Waals surface area contributed by atoms with Crippen LogP contribution in [0.5, 0.6) is 0 Å². The molecule has 4 rings (SSSR count). The van der Waals surface area contributed by atoms with Crippen LogP contribution in [-0.4, -0.2) is 38.5 Å². The zero-order valence-corrected chi connectivity index (χ0v) is 16.8. The zero-order valence-electron chi connectivity index (χ0n) is 16.0. The highest BCUT2D eigenvalue weighted by Gasteiger charge is 2.31. The van der Waals surface area contributed by atoms with E-state index < -0.39 is 5.25 Å². The SMILES string of the molecule is Cc1ccc(-c2nnc(S[C@@H](C)C(=O)N3CC(=O)Nc4ccccc43)n2N)cc1. The second kappa shape index (κ2) is 7.59. The number of carbonyl (C=O) groups excluding carboxylic acids is 2. The van der Waals surface area contributed by atoms with Crippen LogP contribution >= 0.6 is 11.8 Å². The molecule has 0 saturated heterocycles. The summed E-state index contributed by atoms with van der Waals surface area (Å²) >= 11 is 1.21. The standard InChI is InChI=1S/C20H20N6O2S/c1-12-7-9-14(10-8-12)18-23-24-20(26(18)21)29-13(2)19(28)25-11-17(27)22-15-5-3-4-6-16(15)25/h3-10,13H,11,21H2,1-2H3,(H,22,27)/t13-/m0/s1. The molecule has 0 bridgehead atoms. The highest BCUT2D eigenvalue weighted by Crippen LogP contribution is 2.32. The summed E-state index contributed by atoms with van der Waals surface area (Å²) in [6.45, 7) is 3.75. The first-order valence-corrected chi connectivity index (χ1v) is 9.96. The Labute approximate surface area is 172 Å². The predicted octanol–water partition coefficient (Wildman–Crippen LogP) is 2.43.